The van der Waals surface area contributed by atoms with Crippen molar-refractivity contribution >= 4 is 0 Å². The van der Waals surface area contributed by atoms with Crippen LogP contribution in [0.25, 0.3) is 0 Å². The third kappa shape index (κ3) is 2.81. The van der Waals surface area contributed by atoms with Crippen LogP contribution in [0.2, 0.25) is 0 Å². The largest absolute Gasteiger partial charge is 0.357 e. The second kappa shape index (κ2) is 4.79. The molecule has 0 radical (unpaired) electrons. The number of nitrogens with zero attached hydrogens (tertiary/aromatic N) is 2. The minimum Gasteiger partial charge on any atom is -0.357 e. The van der Waals surface area contributed by atoms with Gasteiger partial charge in [0.1, 0.15) is 0 Å². The highest BCUT2D eigenvalue weighted by Gasteiger charge is 2.14. The zero-order chi connectivity index (χ0) is 10.7. The molecule has 1 aromatic heterocycles. The van der Waals surface area contributed by atoms with Gasteiger partial charge in [-0.05, 0) is 11.6 Å². The van der Waals surface area contributed by atoms with Crippen LogP contribution in [0.15, 0.2) is 18.5 Å². The van der Waals surface area contributed by atoms with Crippen LogP contribution < -0.4 is 11.1 Å². The van der Waals surface area contributed by atoms with Gasteiger partial charge in [0.25, 0.3) is 0 Å². The SMILES string of the molecule is Cn1ccc(C(N)CN2CCNCC2)c1. The predicted octanol–water partition coefficient (Wildman–Crippen LogP) is -0.0699. The van der Waals surface area contributed by atoms with Gasteiger partial charge >= 0.3 is 0 Å². The molecule has 0 spiro atoms. The van der Waals surface area contributed by atoms with Crippen LogP contribution in [-0.4, -0.2) is 42.2 Å². The molecular weight excluding hydrogens is 188 g/mol. The maximum Gasteiger partial charge on any atom is 0.0439 e. The summed E-state index contributed by atoms with van der Waals surface area (Å²) in [6, 6.07) is 2.25. The average molecular weight is 208 g/mol. The Morgan fingerprint density at radius 2 is 2.20 bits per heavy atom. The van der Waals surface area contributed by atoms with Gasteiger partial charge in [0.15, 0.2) is 0 Å². The Labute approximate surface area is 91.0 Å². The van der Waals surface area contributed by atoms with E-state index in [1.54, 1.807) is 0 Å². The lowest BCUT2D eigenvalue weighted by molar-refractivity contribution is 0.228. The summed E-state index contributed by atoms with van der Waals surface area (Å²) in [4.78, 5) is 2.42. The predicted molar refractivity (Wildman–Crippen MR) is 61.7 cm³/mol. The summed E-state index contributed by atoms with van der Waals surface area (Å²) in [5.74, 6) is 0. The summed E-state index contributed by atoms with van der Waals surface area (Å²) in [7, 11) is 2.03. The first-order valence-electron chi connectivity index (χ1n) is 5.56. The second-order valence-electron chi connectivity index (χ2n) is 4.27. The van der Waals surface area contributed by atoms with Crippen molar-refractivity contribution in [3.63, 3.8) is 0 Å². The molecule has 2 heterocycles. The lowest BCUT2D eigenvalue weighted by Crippen LogP contribution is -2.45. The maximum atomic E-state index is 6.16. The monoisotopic (exact) mass is 208 g/mol. The van der Waals surface area contributed by atoms with Gasteiger partial charge in [-0.25, -0.2) is 0 Å². The number of aromatic nitrogens is 1. The van der Waals surface area contributed by atoms with E-state index in [2.05, 4.69) is 22.5 Å². The second-order valence-corrected chi connectivity index (χ2v) is 4.27. The molecule has 1 aliphatic heterocycles. The number of hydrogen-bond donors (Lipinski definition) is 2. The maximum absolute atomic E-state index is 6.16. The van der Waals surface area contributed by atoms with Gasteiger partial charge in [0.2, 0.25) is 0 Å². The molecule has 1 atom stereocenters. The standard InChI is InChI=1S/C11H20N4/c1-14-5-2-10(8-14)11(12)9-15-6-3-13-4-7-15/h2,5,8,11,13H,3-4,6-7,9,12H2,1H3. The van der Waals surface area contributed by atoms with Crippen molar-refractivity contribution in [3.8, 4) is 0 Å². The minimum atomic E-state index is 0.143. The molecule has 0 aromatic carbocycles. The minimum absolute atomic E-state index is 0.143. The lowest BCUT2D eigenvalue weighted by Gasteiger charge is -2.29. The number of aryl methyl sites for hydroxylation is 1. The average Bonchev–Trinajstić information content (AvgIpc) is 2.66. The van der Waals surface area contributed by atoms with Gasteiger partial charge in [-0.2, -0.15) is 0 Å². The van der Waals surface area contributed by atoms with E-state index < -0.39 is 0 Å². The highest BCUT2D eigenvalue weighted by Crippen LogP contribution is 2.12. The first-order chi connectivity index (χ1) is 7.25. The third-order valence-electron chi connectivity index (χ3n) is 2.95. The van der Waals surface area contributed by atoms with Crippen LogP contribution in [0.3, 0.4) is 0 Å². The van der Waals surface area contributed by atoms with Crippen LogP contribution in [0, 0.1) is 0 Å². The number of rotatable bonds is 3. The zero-order valence-corrected chi connectivity index (χ0v) is 9.32. The van der Waals surface area contributed by atoms with E-state index in [9.17, 15) is 0 Å². The smallest absolute Gasteiger partial charge is 0.0439 e. The van der Waals surface area contributed by atoms with Crippen LogP contribution in [0.1, 0.15) is 11.6 Å². The molecule has 1 saturated heterocycles. The van der Waals surface area contributed by atoms with Crippen LogP contribution in [-0.2, 0) is 7.05 Å². The summed E-state index contributed by atoms with van der Waals surface area (Å²) in [5, 5.41) is 3.35. The van der Waals surface area contributed by atoms with Crippen molar-refractivity contribution in [2.24, 2.45) is 12.8 Å². The molecule has 3 N–H and O–H groups in total. The van der Waals surface area contributed by atoms with E-state index >= 15 is 0 Å². The van der Waals surface area contributed by atoms with E-state index in [1.807, 2.05) is 17.8 Å². The van der Waals surface area contributed by atoms with Gasteiger partial charge in [-0.1, -0.05) is 0 Å². The highest BCUT2D eigenvalue weighted by molar-refractivity contribution is 5.15. The number of nitrogens with one attached hydrogen (secondary N) is 1. The Hall–Kier alpha value is -0.840. The number of piperazine rings is 1. The van der Waals surface area contributed by atoms with Crippen molar-refractivity contribution in [1.82, 2.24) is 14.8 Å². The van der Waals surface area contributed by atoms with E-state index in [1.165, 1.54) is 5.56 Å². The van der Waals surface area contributed by atoms with Gasteiger partial charge in [-0.15, -0.1) is 0 Å². The van der Waals surface area contributed by atoms with Crippen LogP contribution in [0.5, 0.6) is 0 Å². The van der Waals surface area contributed by atoms with E-state index in [0.29, 0.717) is 0 Å². The summed E-state index contributed by atoms with van der Waals surface area (Å²) >= 11 is 0. The van der Waals surface area contributed by atoms with Gasteiger partial charge in [-0.3, -0.25) is 4.90 Å². The number of hydrogen-bond acceptors (Lipinski definition) is 3. The quantitative estimate of drug-likeness (QED) is 0.731. The van der Waals surface area contributed by atoms with Gasteiger partial charge in [0.05, 0.1) is 0 Å². The molecule has 1 aliphatic rings. The first-order valence-corrected chi connectivity index (χ1v) is 5.56. The first kappa shape index (κ1) is 10.7. The fourth-order valence-electron chi connectivity index (χ4n) is 2.02. The number of nitrogens with two attached hydrogens (primary N) is 1. The molecule has 0 amide bonds. The molecule has 15 heavy (non-hydrogen) atoms. The lowest BCUT2D eigenvalue weighted by atomic mass is 10.1. The van der Waals surface area contributed by atoms with Crippen molar-refractivity contribution in [2.75, 3.05) is 32.7 Å². The fourth-order valence-corrected chi connectivity index (χ4v) is 2.02. The third-order valence-corrected chi connectivity index (χ3v) is 2.95. The van der Waals surface area contributed by atoms with Crippen molar-refractivity contribution in [2.45, 2.75) is 6.04 Å². The van der Waals surface area contributed by atoms with Crippen molar-refractivity contribution in [1.29, 1.82) is 0 Å². The molecule has 2 rings (SSSR count). The molecule has 4 nitrogen and oxygen atoms in total. The molecule has 0 aliphatic carbocycles. The van der Waals surface area contributed by atoms with Gasteiger partial charge < -0.3 is 15.6 Å². The molecule has 1 unspecified atom stereocenters. The van der Waals surface area contributed by atoms with E-state index in [-0.39, 0.29) is 6.04 Å². The summed E-state index contributed by atoms with van der Waals surface area (Å²) in [5.41, 5.74) is 7.40. The Kier molecular flexibility index (Phi) is 3.41. The summed E-state index contributed by atoms with van der Waals surface area (Å²) in [6.07, 6.45) is 4.15. The summed E-state index contributed by atoms with van der Waals surface area (Å²) < 4.78 is 2.05. The van der Waals surface area contributed by atoms with Gasteiger partial charge in [0, 0.05) is 58.2 Å². The summed E-state index contributed by atoms with van der Waals surface area (Å²) in [6.45, 7) is 5.36. The molecule has 0 bridgehead atoms. The molecule has 84 valence electrons. The van der Waals surface area contributed by atoms with E-state index in [0.717, 1.165) is 32.7 Å². The molecular formula is C11H20N4. The zero-order valence-electron chi connectivity index (χ0n) is 9.32. The van der Waals surface area contributed by atoms with Crippen molar-refractivity contribution in [3.05, 3.63) is 24.0 Å². The van der Waals surface area contributed by atoms with Crippen LogP contribution in [0.4, 0.5) is 0 Å². The Morgan fingerprint density at radius 1 is 1.47 bits per heavy atom. The Balaban J connectivity index is 1.88. The molecule has 4 heteroatoms. The van der Waals surface area contributed by atoms with Crippen molar-refractivity contribution < 1.29 is 0 Å². The van der Waals surface area contributed by atoms with Crippen LogP contribution >= 0.6 is 0 Å². The highest BCUT2D eigenvalue weighted by atomic mass is 15.2. The van der Waals surface area contributed by atoms with E-state index in [4.69, 9.17) is 5.73 Å². The fraction of sp³-hybridized carbons (Fsp3) is 0.636. The molecule has 1 aromatic rings. The normalized spacial score (nSPS) is 20.4. The topological polar surface area (TPSA) is 46.2 Å². The molecule has 0 saturated carbocycles. The molecule has 1 fully saturated rings. The Morgan fingerprint density at radius 3 is 2.80 bits per heavy atom. The Bertz CT molecular complexity index is 301.